The number of fused-ring (bicyclic) bond motifs is 1. The van der Waals surface area contributed by atoms with Crippen LogP contribution in [0, 0.1) is 0 Å². The summed E-state index contributed by atoms with van der Waals surface area (Å²) in [5, 5.41) is 0.964. The van der Waals surface area contributed by atoms with Gasteiger partial charge in [0.1, 0.15) is 22.7 Å². The van der Waals surface area contributed by atoms with Crippen LogP contribution in [0.2, 0.25) is 0 Å². The third kappa shape index (κ3) is 4.90. The maximum atomic E-state index is 12.6. The van der Waals surface area contributed by atoms with Crippen LogP contribution in [0.5, 0.6) is 11.5 Å². The number of benzene rings is 2. The first-order valence-corrected chi connectivity index (χ1v) is 14.9. The first kappa shape index (κ1) is 25.3. The molecule has 2 aromatic heterocycles. The van der Waals surface area contributed by atoms with Gasteiger partial charge in [0.15, 0.2) is 0 Å². The second-order valence-corrected chi connectivity index (χ2v) is 11.7. The maximum absolute atomic E-state index is 12.6. The molecule has 4 aromatic rings. The van der Waals surface area contributed by atoms with E-state index in [9.17, 15) is 4.79 Å². The summed E-state index contributed by atoms with van der Waals surface area (Å²) in [6, 6.07) is 20.3. The lowest BCUT2D eigenvalue weighted by Crippen LogP contribution is -2.37. The van der Waals surface area contributed by atoms with Crippen LogP contribution in [0.3, 0.4) is 0 Å². The van der Waals surface area contributed by atoms with Crippen molar-refractivity contribution in [3.05, 3.63) is 89.2 Å². The standard InChI is InChI=1S/C34H37N3O3/c1-39-34(38)30-15-12-24(20-32(30)40-27-19-25-16-17-35-33(25)36-21-27)22-10-13-26(14-11-22)37-18-4-7-31(37)29-6-3-2-5-28(29)23-8-9-23/h2-3,5-6,12,15-17,19-23,26,31H,4,7-11,13-14,18H2,1H3,(H,35,36)/t22?,26?,31-/m0/s1. The number of nitrogens with zero attached hydrogens (tertiary/aromatic N) is 2. The number of esters is 1. The van der Waals surface area contributed by atoms with Crippen molar-refractivity contribution in [2.75, 3.05) is 13.7 Å². The van der Waals surface area contributed by atoms with Crippen molar-refractivity contribution in [3.8, 4) is 11.5 Å². The molecular formula is C34H37N3O3. The topological polar surface area (TPSA) is 67.4 Å². The molecule has 206 valence electrons. The zero-order valence-electron chi connectivity index (χ0n) is 23.1. The number of likely N-dealkylation sites (tertiary alicyclic amines) is 1. The van der Waals surface area contributed by atoms with Crippen molar-refractivity contribution in [1.82, 2.24) is 14.9 Å². The first-order chi connectivity index (χ1) is 19.7. The molecule has 2 aliphatic carbocycles. The summed E-state index contributed by atoms with van der Waals surface area (Å²) >= 11 is 0. The molecule has 3 aliphatic rings. The van der Waals surface area contributed by atoms with Crippen molar-refractivity contribution in [1.29, 1.82) is 0 Å². The van der Waals surface area contributed by atoms with Gasteiger partial charge in [-0.3, -0.25) is 4.90 Å². The van der Waals surface area contributed by atoms with Gasteiger partial charge in [-0.15, -0.1) is 0 Å². The van der Waals surface area contributed by atoms with Crippen molar-refractivity contribution in [2.24, 2.45) is 0 Å². The normalized spacial score (nSPS) is 23.4. The fourth-order valence-corrected chi connectivity index (χ4v) is 7.14. The van der Waals surface area contributed by atoms with Gasteiger partial charge in [0, 0.05) is 23.7 Å². The molecule has 3 heterocycles. The van der Waals surface area contributed by atoms with E-state index >= 15 is 0 Å². The van der Waals surface area contributed by atoms with Gasteiger partial charge in [-0.25, -0.2) is 9.78 Å². The third-order valence-electron chi connectivity index (χ3n) is 9.32. The summed E-state index contributed by atoms with van der Waals surface area (Å²) in [4.78, 5) is 22.9. The highest BCUT2D eigenvalue weighted by molar-refractivity contribution is 5.92. The molecule has 3 fully saturated rings. The minimum atomic E-state index is -0.396. The van der Waals surface area contributed by atoms with Gasteiger partial charge in [-0.05, 0) is 111 Å². The van der Waals surface area contributed by atoms with E-state index in [0.29, 0.717) is 35.1 Å². The number of rotatable bonds is 7. The van der Waals surface area contributed by atoms with E-state index in [0.717, 1.165) is 29.8 Å². The molecule has 7 rings (SSSR count). The zero-order valence-corrected chi connectivity index (χ0v) is 23.1. The number of H-pyrrole nitrogens is 1. The number of aromatic nitrogens is 2. The van der Waals surface area contributed by atoms with Crippen LogP contribution in [0.4, 0.5) is 0 Å². The molecular weight excluding hydrogens is 498 g/mol. The first-order valence-electron chi connectivity index (χ1n) is 14.9. The quantitative estimate of drug-likeness (QED) is 0.244. The van der Waals surface area contributed by atoms with Gasteiger partial charge in [0.25, 0.3) is 0 Å². The fraction of sp³-hybridized carbons (Fsp3) is 0.412. The molecule has 0 radical (unpaired) electrons. The minimum absolute atomic E-state index is 0.396. The van der Waals surface area contributed by atoms with Crippen LogP contribution in [0.1, 0.15) is 96.3 Å². The van der Waals surface area contributed by atoms with E-state index in [1.165, 1.54) is 57.7 Å². The summed E-state index contributed by atoms with van der Waals surface area (Å²) < 4.78 is 11.3. The molecule has 1 N–H and O–H groups in total. The second-order valence-electron chi connectivity index (χ2n) is 11.7. The van der Waals surface area contributed by atoms with E-state index < -0.39 is 5.97 Å². The van der Waals surface area contributed by atoms with E-state index in [-0.39, 0.29) is 0 Å². The average Bonchev–Trinajstić information content (AvgIpc) is 3.54. The lowest BCUT2D eigenvalue weighted by molar-refractivity contribution is 0.0598. The van der Waals surface area contributed by atoms with Crippen molar-refractivity contribution in [2.45, 2.75) is 75.3 Å². The second kappa shape index (κ2) is 10.7. The number of pyridine rings is 1. The molecule has 1 atom stereocenters. The molecule has 0 bridgehead atoms. The summed E-state index contributed by atoms with van der Waals surface area (Å²) in [5.74, 6) is 1.98. The van der Waals surface area contributed by atoms with Gasteiger partial charge >= 0.3 is 5.97 Å². The molecule has 6 heteroatoms. The van der Waals surface area contributed by atoms with Crippen LogP contribution >= 0.6 is 0 Å². The predicted molar refractivity (Wildman–Crippen MR) is 156 cm³/mol. The smallest absolute Gasteiger partial charge is 0.341 e. The molecule has 2 aromatic carbocycles. The molecule has 0 amide bonds. The predicted octanol–water partition coefficient (Wildman–Crippen LogP) is 7.88. The van der Waals surface area contributed by atoms with Gasteiger partial charge in [-0.2, -0.15) is 0 Å². The highest BCUT2D eigenvalue weighted by atomic mass is 16.5. The molecule has 0 spiro atoms. The summed E-state index contributed by atoms with van der Waals surface area (Å²) in [5.41, 5.74) is 5.67. The lowest BCUT2D eigenvalue weighted by Gasteiger charge is -2.39. The maximum Gasteiger partial charge on any atom is 0.341 e. The number of hydrogen-bond acceptors (Lipinski definition) is 5. The number of aromatic amines is 1. The van der Waals surface area contributed by atoms with Gasteiger partial charge in [-0.1, -0.05) is 30.3 Å². The van der Waals surface area contributed by atoms with Crippen LogP contribution < -0.4 is 4.74 Å². The molecule has 0 unspecified atom stereocenters. The van der Waals surface area contributed by atoms with Crippen LogP contribution in [-0.2, 0) is 4.74 Å². The van der Waals surface area contributed by atoms with E-state index in [2.05, 4.69) is 45.2 Å². The SMILES string of the molecule is COC(=O)c1ccc(C2CCC(N3CCC[C@H]3c3ccccc3C3CC3)CC2)cc1Oc1cnc2[nH]ccc2c1. The average molecular weight is 536 g/mol. The largest absolute Gasteiger partial charge is 0.465 e. The van der Waals surface area contributed by atoms with Crippen LogP contribution in [0.25, 0.3) is 11.0 Å². The molecule has 40 heavy (non-hydrogen) atoms. The minimum Gasteiger partial charge on any atom is -0.465 e. The van der Waals surface area contributed by atoms with Crippen LogP contribution in [0.15, 0.2) is 67.0 Å². The third-order valence-corrected chi connectivity index (χ3v) is 9.32. The number of carbonyl (C=O) groups is 1. The Hall–Kier alpha value is -3.64. The van der Waals surface area contributed by atoms with E-state index in [1.807, 2.05) is 30.5 Å². The Morgan fingerprint density at radius 1 is 0.925 bits per heavy atom. The molecule has 2 saturated carbocycles. The summed E-state index contributed by atoms with van der Waals surface area (Å²) in [6.07, 6.45) is 13.5. The fourth-order valence-electron chi connectivity index (χ4n) is 7.14. The Bertz CT molecular complexity index is 1520. The Kier molecular flexibility index (Phi) is 6.80. The zero-order chi connectivity index (χ0) is 27.1. The van der Waals surface area contributed by atoms with E-state index in [4.69, 9.17) is 9.47 Å². The van der Waals surface area contributed by atoms with Gasteiger partial charge in [0.2, 0.25) is 0 Å². The number of hydrogen-bond donors (Lipinski definition) is 1. The molecule has 6 nitrogen and oxygen atoms in total. The number of ether oxygens (including phenoxy) is 2. The Morgan fingerprint density at radius 2 is 1.73 bits per heavy atom. The highest BCUT2D eigenvalue weighted by Crippen LogP contribution is 2.47. The number of methoxy groups -OCH3 is 1. The number of nitrogens with one attached hydrogen (secondary N) is 1. The summed E-state index contributed by atoms with van der Waals surface area (Å²) in [6.45, 7) is 1.21. The van der Waals surface area contributed by atoms with Crippen molar-refractivity contribution >= 4 is 17.0 Å². The van der Waals surface area contributed by atoms with Gasteiger partial charge in [0.05, 0.1) is 13.3 Å². The molecule has 1 saturated heterocycles. The van der Waals surface area contributed by atoms with E-state index in [1.54, 1.807) is 17.3 Å². The summed E-state index contributed by atoms with van der Waals surface area (Å²) in [7, 11) is 1.41. The Labute approximate surface area is 235 Å². The molecule has 1 aliphatic heterocycles. The Balaban J connectivity index is 1.08. The highest BCUT2D eigenvalue weighted by Gasteiger charge is 2.37. The van der Waals surface area contributed by atoms with Gasteiger partial charge < -0.3 is 14.5 Å². The van der Waals surface area contributed by atoms with Crippen molar-refractivity contribution in [3.63, 3.8) is 0 Å². The Morgan fingerprint density at radius 3 is 2.52 bits per heavy atom. The monoisotopic (exact) mass is 535 g/mol. The van der Waals surface area contributed by atoms with Crippen molar-refractivity contribution < 1.29 is 14.3 Å². The number of carbonyl (C=O) groups excluding carboxylic acids is 1. The lowest BCUT2D eigenvalue weighted by atomic mass is 9.80. The van der Waals surface area contributed by atoms with Crippen LogP contribution in [-0.4, -0.2) is 40.5 Å².